The zero-order valence-electron chi connectivity index (χ0n) is 9.56. The number of hydrogen-bond acceptors (Lipinski definition) is 3. The van der Waals surface area contributed by atoms with Gasteiger partial charge in [0, 0.05) is 11.1 Å². The van der Waals surface area contributed by atoms with E-state index in [-0.39, 0.29) is 27.7 Å². The van der Waals surface area contributed by atoms with E-state index in [1.165, 1.54) is 12.1 Å². The van der Waals surface area contributed by atoms with Gasteiger partial charge in [-0.1, -0.05) is 35.3 Å². The van der Waals surface area contributed by atoms with E-state index >= 15 is 0 Å². The molecule has 0 bridgehead atoms. The minimum atomic E-state index is -0.365. The van der Waals surface area contributed by atoms with E-state index in [4.69, 9.17) is 23.2 Å². The lowest BCUT2D eigenvalue weighted by Crippen LogP contribution is -2.03. The average molecular weight is 295 g/mol. The number of carbonyl (C=O) groups excluding carboxylic acids is 2. The number of rotatable bonds is 3. The molecule has 0 fully saturated rings. The van der Waals surface area contributed by atoms with Crippen LogP contribution in [0.4, 0.5) is 0 Å². The Bertz CT molecular complexity index is 666. The first-order chi connectivity index (χ1) is 9.04. The number of hydrogen-bond donors (Lipinski definition) is 1. The fraction of sp³-hybridized carbons (Fsp3) is 0. The number of carbonyl (C=O) groups is 2. The Morgan fingerprint density at radius 3 is 2.42 bits per heavy atom. The van der Waals surface area contributed by atoms with Crippen molar-refractivity contribution in [2.45, 2.75) is 0 Å². The summed E-state index contributed by atoms with van der Waals surface area (Å²) in [5.74, 6) is -0.706. The third kappa shape index (κ3) is 2.62. The van der Waals surface area contributed by atoms with Crippen molar-refractivity contribution < 1.29 is 14.7 Å². The fourth-order valence-corrected chi connectivity index (χ4v) is 2.09. The topological polar surface area (TPSA) is 54.4 Å². The van der Waals surface area contributed by atoms with E-state index in [0.717, 1.165) is 0 Å². The molecule has 2 aromatic rings. The Hall–Kier alpha value is -1.84. The maximum atomic E-state index is 12.3. The van der Waals surface area contributed by atoms with Crippen LogP contribution in [0.25, 0.3) is 0 Å². The van der Waals surface area contributed by atoms with Gasteiger partial charge in [0.15, 0.2) is 12.1 Å². The van der Waals surface area contributed by atoms with E-state index in [1.54, 1.807) is 24.3 Å². The van der Waals surface area contributed by atoms with Crippen molar-refractivity contribution in [1.29, 1.82) is 0 Å². The van der Waals surface area contributed by atoms with Gasteiger partial charge in [-0.15, -0.1) is 0 Å². The summed E-state index contributed by atoms with van der Waals surface area (Å²) in [6.07, 6.45) is 0.435. The second-order valence-electron chi connectivity index (χ2n) is 3.82. The quantitative estimate of drug-likeness (QED) is 0.693. The predicted molar refractivity (Wildman–Crippen MR) is 73.4 cm³/mol. The molecule has 0 amide bonds. The molecule has 0 atom stereocenters. The molecule has 19 heavy (non-hydrogen) atoms. The third-order valence-corrected chi connectivity index (χ3v) is 3.22. The summed E-state index contributed by atoms with van der Waals surface area (Å²) in [7, 11) is 0. The van der Waals surface area contributed by atoms with Gasteiger partial charge < -0.3 is 5.11 Å². The molecule has 2 aromatic carbocycles. The van der Waals surface area contributed by atoms with Crippen LogP contribution in [0, 0.1) is 0 Å². The minimum absolute atomic E-state index is 0.0390. The minimum Gasteiger partial charge on any atom is -0.506 e. The lowest BCUT2D eigenvalue weighted by atomic mass is 10.0. The highest BCUT2D eigenvalue weighted by molar-refractivity contribution is 6.35. The number of halogens is 2. The number of ketones is 1. The van der Waals surface area contributed by atoms with Crippen LogP contribution >= 0.6 is 23.2 Å². The van der Waals surface area contributed by atoms with Crippen LogP contribution in [0.3, 0.4) is 0 Å². The van der Waals surface area contributed by atoms with Crippen molar-refractivity contribution in [2.24, 2.45) is 0 Å². The smallest absolute Gasteiger partial charge is 0.194 e. The Labute approximate surface area is 119 Å². The van der Waals surface area contributed by atoms with Gasteiger partial charge in [-0.05, 0) is 24.3 Å². The van der Waals surface area contributed by atoms with Crippen molar-refractivity contribution in [3.63, 3.8) is 0 Å². The van der Waals surface area contributed by atoms with Gasteiger partial charge in [-0.3, -0.25) is 9.59 Å². The highest BCUT2D eigenvalue weighted by Gasteiger charge is 2.16. The Morgan fingerprint density at radius 1 is 1.11 bits per heavy atom. The molecule has 0 radical (unpaired) electrons. The van der Waals surface area contributed by atoms with Gasteiger partial charge >= 0.3 is 0 Å². The standard InChI is InChI=1S/C14H8Cl2O3/c15-11-4-2-1-3-10(11)13(18)8-5-9(7-17)14(19)12(16)6-8/h1-7,19H. The van der Waals surface area contributed by atoms with Crippen molar-refractivity contribution in [2.75, 3.05) is 0 Å². The lowest BCUT2D eigenvalue weighted by molar-refractivity contribution is 0.103. The molecule has 1 N–H and O–H groups in total. The summed E-state index contributed by atoms with van der Waals surface area (Å²) in [6.45, 7) is 0. The van der Waals surface area contributed by atoms with Crippen LogP contribution in [-0.4, -0.2) is 17.2 Å². The average Bonchev–Trinajstić information content (AvgIpc) is 2.41. The molecule has 0 spiro atoms. The van der Waals surface area contributed by atoms with E-state index in [9.17, 15) is 14.7 Å². The van der Waals surface area contributed by atoms with Crippen molar-refractivity contribution in [3.05, 3.63) is 63.1 Å². The molecule has 0 aliphatic heterocycles. The van der Waals surface area contributed by atoms with E-state index in [0.29, 0.717) is 16.9 Å². The van der Waals surface area contributed by atoms with Crippen LogP contribution in [0.1, 0.15) is 26.3 Å². The normalized spacial score (nSPS) is 10.2. The Morgan fingerprint density at radius 2 is 1.79 bits per heavy atom. The predicted octanol–water partition coefficient (Wildman–Crippen LogP) is 3.74. The summed E-state index contributed by atoms with van der Waals surface area (Å²) in [5.41, 5.74) is 0.462. The summed E-state index contributed by atoms with van der Waals surface area (Å²) in [4.78, 5) is 23.1. The Kier molecular flexibility index (Phi) is 3.88. The van der Waals surface area contributed by atoms with Gasteiger partial charge in [0.05, 0.1) is 15.6 Å². The van der Waals surface area contributed by atoms with Crippen LogP contribution in [0.2, 0.25) is 10.0 Å². The summed E-state index contributed by atoms with van der Waals surface area (Å²) < 4.78 is 0. The lowest BCUT2D eigenvalue weighted by Gasteiger charge is -2.06. The molecule has 0 heterocycles. The molecular weight excluding hydrogens is 287 g/mol. The maximum absolute atomic E-state index is 12.3. The van der Waals surface area contributed by atoms with Gasteiger partial charge in [0.1, 0.15) is 5.75 Å². The maximum Gasteiger partial charge on any atom is 0.194 e. The molecule has 2 rings (SSSR count). The number of phenolic OH excluding ortho intramolecular Hbond substituents is 1. The second kappa shape index (κ2) is 5.43. The summed E-state index contributed by atoms with van der Waals surface area (Å²) in [6, 6.07) is 9.14. The first-order valence-electron chi connectivity index (χ1n) is 5.31. The van der Waals surface area contributed by atoms with Crippen LogP contribution in [-0.2, 0) is 0 Å². The van der Waals surface area contributed by atoms with Gasteiger partial charge in [-0.2, -0.15) is 0 Å². The second-order valence-corrected chi connectivity index (χ2v) is 4.64. The first-order valence-corrected chi connectivity index (χ1v) is 6.07. The first kappa shape index (κ1) is 13.6. The van der Waals surface area contributed by atoms with E-state index in [1.807, 2.05) is 0 Å². The van der Waals surface area contributed by atoms with Crippen molar-refractivity contribution in [1.82, 2.24) is 0 Å². The molecule has 0 unspecified atom stereocenters. The number of benzene rings is 2. The van der Waals surface area contributed by atoms with Gasteiger partial charge in [0.2, 0.25) is 0 Å². The van der Waals surface area contributed by atoms with Crippen LogP contribution in [0.15, 0.2) is 36.4 Å². The molecule has 0 aliphatic rings. The summed E-state index contributed by atoms with van der Waals surface area (Å²) in [5, 5.41) is 9.78. The molecule has 0 saturated heterocycles. The van der Waals surface area contributed by atoms with Gasteiger partial charge in [0.25, 0.3) is 0 Å². The number of aromatic hydroxyl groups is 1. The molecule has 96 valence electrons. The Balaban J connectivity index is 2.54. The molecule has 3 nitrogen and oxygen atoms in total. The highest BCUT2D eigenvalue weighted by Crippen LogP contribution is 2.29. The van der Waals surface area contributed by atoms with Gasteiger partial charge in [-0.25, -0.2) is 0 Å². The highest BCUT2D eigenvalue weighted by atomic mass is 35.5. The SMILES string of the molecule is O=Cc1cc(C(=O)c2ccccc2Cl)cc(Cl)c1O. The molecule has 0 aromatic heterocycles. The van der Waals surface area contributed by atoms with E-state index < -0.39 is 0 Å². The molecule has 0 saturated carbocycles. The largest absolute Gasteiger partial charge is 0.506 e. The van der Waals surface area contributed by atoms with Crippen LogP contribution in [0.5, 0.6) is 5.75 Å². The molecule has 0 aliphatic carbocycles. The molecular formula is C14H8Cl2O3. The monoisotopic (exact) mass is 294 g/mol. The third-order valence-electron chi connectivity index (χ3n) is 2.60. The van der Waals surface area contributed by atoms with E-state index in [2.05, 4.69) is 0 Å². The fourth-order valence-electron chi connectivity index (χ4n) is 1.64. The van der Waals surface area contributed by atoms with Crippen molar-refractivity contribution >= 4 is 35.3 Å². The van der Waals surface area contributed by atoms with Crippen LogP contribution < -0.4 is 0 Å². The number of phenols is 1. The number of aldehydes is 1. The van der Waals surface area contributed by atoms with Crippen molar-refractivity contribution in [3.8, 4) is 5.75 Å². The zero-order chi connectivity index (χ0) is 14.0. The zero-order valence-corrected chi connectivity index (χ0v) is 11.1. The molecule has 5 heteroatoms. The summed E-state index contributed by atoms with van der Waals surface area (Å²) >= 11 is 11.7.